The van der Waals surface area contributed by atoms with E-state index in [2.05, 4.69) is 10.6 Å². The number of thioether (sulfide) groups is 1. The molecule has 5 rings (SSSR count). The van der Waals surface area contributed by atoms with Gasteiger partial charge in [-0.15, -0.1) is 23.1 Å². The molecule has 2 N–H and O–H groups in total. The second-order valence-electron chi connectivity index (χ2n) is 10.0. The number of carbonyl (C=O) groups is 3. The van der Waals surface area contributed by atoms with Crippen molar-refractivity contribution in [3.8, 4) is 0 Å². The van der Waals surface area contributed by atoms with Crippen LogP contribution >= 0.6 is 23.1 Å². The molecule has 3 aromatic rings. The number of rotatable bonds is 9. The van der Waals surface area contributed by atoms with Crippen LogP contribution in [-0.4, -0.2) is 24.4 Å². The van der Waals surface area contributed by atoms with Gasteiger partial charge in [0.25, 0.3) is 0 Å². The molecule has 1 fully saturated rings. The molecule has 1 atom stereocenters. The van der Waals surface area contributed by atoms with Crippen molar-refractivity contribution < 1.29 is 19.1 Å². The van der Waals surface area contributed by atoms with Crippen LogP contribution in [0.3, 0.4) is 0 Å². The van der Waals surface area contributed by atoms with E-state index in [1.165, 1.54) is 34.4 Å². The lowest BCUT2D eigenvalue weighted by atomic mass is 9.96. The molecular weight excluding hydrogens is 528 g/mol. The number of anilines is 2. The summed E-state index contributed by atoms with van der Waals surface area (Å²) in [5.74, 6) is -0.399. The SMILES string of the molecule is CCOC(=O)c1c(NC(=O)C(Sc2cccc(NC(=O)C3CC3)c2)c2ccccc2)sc2c1CCCCCC2. The molecule has 1 saturated carbocycles. The van der Waals surface area contributed by atoms with Gasteiger partial charge in [0, 0.05) is 21.4 Å². The van der Waals surface area contributed by atoms with Gasteiger partial charge in [-0.25, -0.2) is 4.79 Å². The van der Waals surface area contributed by atoms with Crippen LogP contribution in [0.1, 0.15) is 77.1 Å². The topological polar surface area (TPSA) is 84.5 Å². The average Bonchev–Trinajstić information content (AvgIpc) is 3.72. The van der Waals surface area contributed by atoms with Crippen LogP contribution in [0.15, 0.2) is 59.5 Å². The number of esters is 1. The summed E-state index contributed by atoms with van der Waals surface area (Å²) in [6, 6.07) is 17.3. The molecule has 1 heterocycles. The predicted molar refractivity (Wildman–Crippen MR) is 158 cm³/mol. The highest BCUT2D eigenvalue weighted by Gasteiger charge is 2.31. The van der Waals surface area contributed by atoms with Crippen molar-refractivity contribution in [2.45, 2.75) is 68.4 Å². The van der Waals surface area contributed by atoms with E-state index >= 15 is 0 Å². The molecule has 0 bridgehead atoms. The van der Waals surface area contributed by atoms with Crippen molar-refractivity contribution >= 4 is 51.6 Å². The molecule has 204 valence electrons. The smallest absolute Gasteiger partial charge is 0.341 e. The van der Waals surface area contributed by atoms with Gasteiger partial charge < -0.3 is 15.4 Å². The minimum atomic E-state index is -0.555. The molecule has 8 heteroatoms. The summed E-state index contributed by atoms with van der Waals surface area (Å²) in [5.41, 5.74) is 3.15. The van der Waals surface area contributed by atoms with Gasteiger partial charge in [-0.3, -0.25) is 9.59 Å². The van der Waals surface area contributed by atoms with Crippen molar-refractivity contribution in [3.05, 3.63) is 76.2 Å². The molecule has 0 saturated heterocycles. The molecule has 0 radical (unpaired) electrons. The molecule has 1 unspecified atom stereocenters. The van der Waals surface area contributed by atoms with E-state index in [0.29, 0.717) is 10.6 Å². The van der Waals surface area contributed by atoms with E-state index in [0.717, 1.165) is 66.7 Å². The number of amides is 2. The van der Waals surface area contributed by atoms with Gasteiger partial charge in [-0.2, -0.15) is 0 Å². The number of thiophene rings is 1. The van der Waals surface area contributed by atoms with Crippen molar-refractivity contribution in [2.75, 3.05) is 17.2 Å². The molecular formula is C31H34N2O4S2. The molecule has 2 aliphatic carbocycles. The lowest BCUT2D eigenvalue weighted by Crippen LogP contribution is -2.20. The minimum Gasteiger partial charge on any atom is -0.462 e. The number of carbonyl (C=O) groups excluding carboxylic acids is 3. The van der Waals surface area contributed by atoms with Gasteiger partial charge in [0.15, 0.2) is 0 Å². The maximum absolute atomic E-state index is 13.9. The summed E-state index contributed by atoms with van der Waals surface area (Å²) in [7, 11) is 0. The summed E-state index contributed by atoms with van der Waals surface area (Å²) in [6.07, 6.45) is 8.06. The summed E-state index contributed by atoms with van der Waals surface area (Å²) >= 11 is 2.94. The van der Waals surface area contributed by atoms with Crippen LogP contribution in [0.4, 0.5) is 10.7 Å². The van der Waals surface area contributed by atoms with Crippen LogP contribution in [0.5, 0.6) is 0 Å². The highest BCUT2D eigenvalue weighted by atomic mass is 32.2. The molecule has 39 heavy (non-hydrogen) atoms. The lowest BCUT2D eigenvalue weighted by Gasteiger charge is -2.18. The van der Waals surface area contributed by atoms with Crippen molar-refractivity contribution in [2.24, 2.45) is 5.92 Å². The number of nitrogens with one attached hydrogen (secondary N) is 2. The van der Waals surface area contributed by atoms with Gasteiger partial charge in [-0.1, -0.05) is 49.2 Å². The van der Waals surface area contributed by atoms with Crippen molar-refractivity contribution in [1.29, 1.82) is 0 Å². The first kappa shape index (κ1) is 27.5. The summed E-state index contributed by atoms with van der Waals surface area (Å²) in [4.78, 5) is 41.3. The van der Waals surface area contributed by atoms with E-state index in [9.17, 15) is 14.4 Å². The zero-order valence-electron chi connectivity index (χ0n) is 22.2. The third-order valence-corrected chi connectivity index (χ3v) is 9.49. The van der Waals surface area contributed by atoms with Crippen molar-refractivity contribution in [1.82, 2.24) is 0 Å². The fourth-order valence-corrected chi connectivity index (χ4v) is 7.24. The zero-order chi connectivity index (χ0) is 27.2. The lowest BCUT2D eigenvalue weighted by molar-refractivity contribution is -0.117. The Morgan fingerprint density at radius 3 is 2.49 bits per heavy atom. The number of fused-ring (bicyclic) bond motifs is 1. The maximum atomic E-state index is 13.9. The number of ether oxygens (including phenoxy) is 1. The van der Waals surface area contributed by atoms with E-state index in [1.807, 2.05) is 54.6 Å². The molecule has 6 nitrogen and oxygen atoms in total. The third-order valence-electron chi connectivity index (χ3n) is 7.03. The Morgan fingerprint density at radius 2 is 1.74 bits per heavy atom. The Kier molecular flexibility index (Phi) is 9.04. The van der Waals surface area contributed by atoms with Crippen LogP contribution in [-0.2, 0) is 27.2 Å². The molecule has 0 spiro atoms. The maximum Gasteiger partial charge on any atom is 0.341 e. The number of aryl methyl sites for hydroxylation is 1. The average molecular weight is 563 g/mol. The van der Waals surface area contributed by atoms with E-state index < -0.39 is 5.25 Å². The fourth-order valence-electron chi connectivity index (χ4n) is 4.88. The highest BCUT2D eigenvalue weighted by molar-refractivity contribution is 8.00. The first-order valence-electron chi connectivity index (χ1n) is 13.8. The Labute approximate surface area is 237 Å². The van der Waals surface area contributed by atoms with E-state index in [-0.39, 0.29) is 30.3 Å². The predicted octanol–water partition coefficient (Wildman–Crippen LogP) is 7.40. The second kappa shape index (κ2) is 12.8. The van der Waals surface area contributed by atoms with Crippen LogP contribution < -0.4 is 10.6 Å². The van der Waals surface area contributed by atoms with Crippen LogP contribution in [0.2, 0.25) is 0 Å². The van der Waals surface area contributed by atoms with Gasteiger partial charge in [0.2, 0.25) is 11.8 Å². The summed E-state index contributed by atoms with van der Waals surface area (Å²) in [6.45, 7) is 2.09. The summed E-state index contributed by atoms with van der Waals surface area (Å²) in [5, 5.41) is 6.14. The molecule has 2 aromatic carbocycles. The molecule has 1 aromatic heterocycles. The largest absolute Gasteiger partial charge is 0.462 e. The Bertz CT molecular complexity index is 1330. The van der Waals surface area contributed by atoms with E-state index in [4.69, 9.17) is 4.74 Å². The monoisotopic (exact) mass is 562 g/mol. The Balaban J connectivity index is 1.42. The fraction of sp³-hybridized carbons (Fsp3) is 0.387. The minimum absolute atomic E-state index is 0.0502. The second-order valence-corrected chi connectivity index (χ2v) is 12.3. The molecule has 0 aliphatic heterocycles. The van der Waals surface area contributed by atoms with Crippen LogP contribution in [0, 0.1) is 5.92 Å². The first-order valence-corrected chi connectivity index (χ1v) is 15.5. The van der Waals surface area contributed by atoms with Gasteiger partial charge in [-0.05, 0) is 74.8 Å². The number of hydrogen-bond donors (Lipinski definition) is 2. The summed E-state index contributed by atoms with van der Waals surface area (Å²) < 4.78 is 5.43. The first-order chi connectivity index (χ1) is 19.0. The quantitative estimate of drug-likeness (QED) is 0.210. The number of hydrogen-bond acceptors (Lipinski definition) is 6. The number of benzene rings is 2. The van der Waals surface area contributed by atoms with Crippen molar-refractivity contribution in [3.63, 3.8) is 0 Å². The normalized spacial score (nSPS) is 15.8. The Hall–Kier alpha value is -3.10. The molecule has 2 amide bonds. The van der Waals surface area contributed by atoms with E-state index in [1.54, 1.807) is 6.92 Å². The highest BCUT2D eigenvalue weighted by Crippen LogP contribution is 2.41. The Morgan fingerprint density at radius 1 is 0.974 bits per heavy atom. The van der Waals surface area contributed by atoms with Crippen LogP contribution in [0.25, 0.3) is 0 Å². The molecule has 2 aliphatic rings. The van der Waals surface area contributed by atoms with Gasteiger partial charge in [0.05, 0.1) is 12.2 Å². The van der Waals surface area contributed by atoms with Gasteiger partial charge in [0.1, 0.15) is 10.3 Å². The standard InChI is InChI=1S/C31H34N2O4S2/c1-2-37-31(36)26-24-15-8-3-4-9-16-25(24)39-30(26)33-29(35)27(20-11-6-5-7-12-20)38-23-14-10-13-22(19-23)32-28(34)21-17-18-21/h5-7,10-14,19,21,27H,2-4,8-9,15-18H2,1H3,(H,32,34)(H,33,35). The zero-order valence-corrected chi connectivity index (χ0v) is 23.8. The third kappa shape index (κ3) is 6.92. The van der Waals surface area contributed by atoms with Gasteiger partial charge >= 0.3 is 5.97 Å².